The van der Waals surface area contributed by atoms with Crippen LogP contribution in [-0.2, 0) is 6.42 Å². The predicted octanol–water partition coefficient (Wildman–Crippen LogP) is 4.74. The Labute approximate surface area is 138 Å². The van der Waals surface area contributed by atoms with Gasteiger partial charge in [-0.25, -0.2) is 0 Å². The third-order valence-corrected chi connectivity index (χ3v) is 4.89. The molecule has 1 aromatic heterocycles. The molecule has 0 aliphatic carbocycles. The molecule has 1 aliphatic heterocycles. The summed E-state index contributed by atoms with van der Waals surface area (Å²) in [6.45, 7) is 1.80. The highest BCUT2D eigenvalue weighted by Gasteiger charge is 2.21. The maximum atomic E-state index is 6.06. The van der Waals surface area contributed by atoms with E-state index in [1.54, 1.807) is 23.5 Å². The number of nitrogens with one attached hydrogen (secondary N) is 1. The van der Waals surface area contributed by atoms with Gasteiger partial charge in [0, 0.05) is 29.6 Å². The van der Waals surface area contributed by atoms with Crippen molar-refractivity contribution in [2.24, 2.45) is 0 Å². The van der Waals surface area contributed by atoms with Gasteiger partial charge >= 0.3 is 0 Å². The minimum Gasteiger partial charge on any atom is -0.484 e. The first kappa shape index (κ1) is 15.9. The SMILES string of the molecule is Cl.Clc1ccc(OC2CNCCc3sccc32)cc1Cl. The van der Waals surface area contributed by atoms with Gasteiger partial charge in [0.15, 0.2) is 0 Å². The highest BCUT2D eigenvalue weighted by atomic mass is 35.5. The maximum Gasteiger partial charge on any atom is 0.137 e. The molecule has 108 valence electrons. The van der Waals surface area contributed by atoms with Gasteiger partial charge in [-0.3, -0.25) is 0 Å². The van der Waals surface area contributed by atoms with E-state index in [9.17, 15) is 0 Å². The second-order valence-corrected chi connectivity index (χ2v) is 6.25. The monoisotopic (exact) mass is 349 g/mol. The van der Waals surface area contributed by atoms with Gasteiger partial charge in [0.05, 0.1) is 10.0 Å². The molecule has 1 N–H and O–H groups in total. The number of hydrogen-bond acceptors (Lipinski definition) is 3. The summed E-state index contributed by atoms with van der Waals surface area (Å²) in [6, 6.07) is 7.53. The Bertz CT molecular complexity index is 588. The van der Waals surface area contributed by atoms with Crippen molar-refractivity contribution in [3.63, 3.8) is 0 Å². The van der Waals surface area contributed by atoms with E-state index in [-0.39, 0.29) is 18.5 Å². The number of ether oxygens (including phenoxy) is 1. The lowest BCUT2D eigenvalue weighted by atomic mass is 10.1. The number of fused-ring (bicyclic) bond motifs is 1. The van der Waals surface area contributed by atoms with Gasteiger partial charge in [0.2, 0.25) is 0 Å². The zero-order chi connectivity index (χ0) is 13.2. The summed E-state index contributed by atoms with van der Waals surface area (Å²) in [5, 5.41) is 6.59. The van der Waals surface area contributed by atoms with Crippen molar-refractivity contribution in [2.75, 3.05) is 13.1 Å². The van der Waals surface area contributed by atoms with Crippen LogP contribution in [0.3, 0.4) is 0 Å². The summed E-state index contributed by atoms with van der Waals surface area (Å²) in [7, 11) is 0. The molecular weight excluding hydrogens is 337 g/mol. The van der Waals surface area contributed by atoms with Gasteiger partial charge in [-0.1, -0.05) is 23.2 Å². The van der Waals surface area contributed by atoms with E-state index in [2.05, 4.69) is 16.8 Å². The minimum atomic E-state index is 0. The molecule has 0 fully saturated rings. The fourth-order valence-corrected chi connectivity index (χ4v) is 3.43. The van der Waals surface area contributed by atoms with Crippen LogP contribution in [0.5, 0.6) is 5.75 Å². The number of benzene rings is 1. The molecule has 6 heteroatoms. The normalized spacial score (nSPS) is 17.8. The molecule has 0 amide bonds. The summed E-state index contributed by atoms with van der Waals surface area (Å²) in [6.07, 6.45) is 1.09. The van der Waals surface area contributed by atoms with Crippen LogP contribution in [0.25, 0.3) is 0 Å². The lowest BCUT2D eigenvalue weighted by Gasteiger charge is -2.18. The third kappa shape index (κ3) is 3.41. The second-order valence-electron chi connectivity index (χ2n) is 4.44. The Morgan fingerprint density at radius 2 is 2.05 bits per heavy atom. The lowest BCUT2D eigenvalue weighted by Crippen LogP contribution is -2.23. The highest BCUT2D eigenvalue weighted by Crippen LogP contribution is 2.32. The van der Waals surface area contributed by atoms with E-state index in [0.29, 0.717) is 10.0 Å². The molecule has 0 radical (unpaired) electrons. The lowest BCUT2D eigenvalue weighted by molar-refractivity contribution is 0.205. The minimum absolute atomic E-state index is 0. The highest BCUT2D eigenvalue weighted by molar-refractivity contribution is 7.10. The van der Waals surface area contributed by atoms with Crippen LogP contribution in [0.4, 0.5) is 0 Å². The molecule has 1 atom stereocenters. The van der Waals surface area contributed by atoms with Crippen LogP contribution in [-0.4, -0.2) is 13.1 Å². The molecule has 20 heavy (non-hydrogen) atoms. The molecule has 1 aromatic carbocycles. The van der Waals surface area contributed by atoms with E-state index >= 15 is 0 Å². The number of thiophene rings is 1. The Morgan fingerprint density at radius 3 is 2.85 bits per heavy atom. The first-order chi connectivity index (χ1) is 9.24. The van der Waals surface area contributed by atoms with Gasteiger partial charge in [0.1, 0.15) is 11.9 Å². The van der Waals surface area contributed by atoms with E-state index in [1.807, 2.05) is 6.07 Å². The van der Waals surface area contributed by atoms with Crippen LogP contribution in [0.15, 0.2) is 29.6 Å². The quantitative estimate of drug-likeness (QED) is 0.844. The Kier molecular flexibility index (Phi) is 5.58. The fourth-order valence-electron chi connectivity index (χ4n) is 2.21. The average Bonchev–Trinajstić information content (AvgIpc) is 2.78. The first-order valence-electron chi connectivity index (χ1n) is 6.13. The van der Waals surface area contributed by atoms with Crippen molar-refractivity contribution < 1.29 is 4.74 Å². The first-order valence-corrected chi connectivity index (χ1v) is 7.76. The number of hydrogen-bond donors (Lipinski definition) is 1. The van der Waals surface area contributed by atoms with E-state index in [4.69, 9.17) is 27.9 Å². The summed E-state index contributed by atoms with van der Waals surface area (Å²) >= 11 is 13.7. The van der Waals surface area contributed by atoms with Crippen LogP contribution >= 0.6 is 46.9 Å². The Hall–Kier alpha value is -0.450. The van der Waals surface area contributed by atoms with Crippen molar-refractivity contribution in [1.82, 2.24) is 5.32 Å². The summed E-state index contributed by atoms with van der Waals surface area (Å²) in [5.41, 5.74) is 1.28. The summed E-state index contributed by atoms with van der Waals surface area (Å²) < 4.78 is 6.06. The van der Waals surface area contributed by atoms with Crippen molar-refractivity contribution >= 4 is 46.9 Å². The molecular formula is C14H14Cl3NOS. The molecule has 0 spiro atoms. The van der Waals surface area contributed by atoms with Gasteiger partial charge in [-0.05, 0) is 30.0 Å². The van der Waals surface area contributed by atoms with E-state index < -0.39 is 0 Å². The molecule has 2 nitrogen and oxygen atoms in total. The van der Waals surface area contributed by atoms with Crippen molar-refractivity contribution in [1.29, 1.82) is 0 Å². The van der Waals surface area contributed by atoms with Gasteiger partial charge in [-0.15, -0.1) is 23.7 Å². The van der Waals surface area contributed by atoms with Crippen LogP contribution in [0, 0.1) is 0 Å². The maximum absolute atomic E-state index is 6.06. The van der Waals surface area contributed by atoms with Crippen LogP contribution in [0.1, 0.15) is 16.5 Å². The molecule has 2 aromatic rings. The molecule has 1 unspecified atom stereocenters. The van der Waals surface area contributed by atoms with Gasteiger partial charge < -0.3 is 10.1 Å². The third-order valence-electron chi connectivity index (χ3n) is 3.15. The zero-order valence-electron chi connectivity index (χ0n) is 10.6. The van der Waals surface area contributed by atoms with Crippen LogP contribution < -0.4 is 10.1 Å². The molecule has 0 saturated carbocycles. The average molecular weight is 351 g/mol. The van der Waals surface area contributed by atoms with Gasteiger partial charge in [-0.2, -0.15) is 0 Å². The Balaban J connectivity index is 0.00000147. The molecule has 3 rings (SSSR count). The van der Waals surface area contributed by atoms with Crippen molar-refractivity contribution in [3.05, 3.63) is 50.1 Å². The molecule has 0 saturated heterocycles. The fraction of sp³-hybridized carbons (Fsp3) is 0.286. The van der Waals surface area contributed by atoms with E-state index in [1.165, 1.54) is 10.4 Å². The van der Waals surface area contributed by atoms with Gasteiger partial charge in [0.25, 0.3) is 0 Å². The Morgan fingerprint density at radius 1 is 1.20 bits per heavy atom. The van der Waals surface area contributed by atoms with Crippen molar-refractivity contribution in [3.8, 4) is 5.75 Å². The standard InChI is InChI=1S/C14H13Cl2NOS.ClH/c15-11-2-1-9(7-12(11)16)18-13-8-17-5-3-14-10(13)4-6-19-14;/h1-2,4,6-7,13,17H,3,5,8H2;1H. The number of halogens is 3. The van der Waals surface area contributed by atoms with E-state index in [0.717, 1.165) is 25.3 Å². The number of rotatable bonds is 2. The van der Waals surface area contributed by atoms with Crippen LogP contribution in [0.2, 0.25) is 10.0 Å². The second kappa shape index (κ2) is 7.01. The largest absolute Gasteiger partial charge is 0.484 e. The summed E-state index contributed by atoms with van der Waals surface area (Å²) in [5.74, 6) is 0.750. The summed E-state index contributed by atoms with van der Waals surface area (Å²) in [4.78, 5) is 1.40. The predicted molar refractivity (Wildman–Crippen MR) is 88.0 cm³/mol. The smallest absolute Gasteiger partial charge is 0.137 e. The topological polar surface area (TPSA) is 21.3 Å². The zero-order valence-corrected chi connectivity index (χ0v) is 13.7. The van der Waals surface area contributed by atoms with Crippen molar-refractivity contribution in [2.45, 2.75) is 12.5 Å². The molecule has 0 bridgehead atoms. The molecule has 1 aliphatic rings. The molecule has 2 heterocycles.